The molecule has 0 heterocycles. The molecule has 7 heteroatoms. The van der Waals surface area contributed by atoms with Gasteiger partial charge in [-0.25, -0.2) is 4.39 Å². The van der Waals surface area contributed by atoms with E-state index in [4.69, 9.17) is 5.73 Å². The predicted molar refractivity (Wildman–Crippen MR) is 108 cm³/mol. The lowest BCUT2D eigenvalue weighted by molar-refractivity contribution is -0.130. The van der Waals surface area contributed by atoms with Crippen molar-refractivity contribution in [1.29, 1.82) is 0 Å². The zero-order chi connectivity index (χ0) is 21.6. The van der Waals surface area contributed by atoms with E-state index in [9.17, 15) is 18.8 Å². The number of rotatable bonds is 8. The van der Waals surface area contributed by atoms with Crippen LogP contribution in [0.15, 0.2) is 42.5 Å². The van der Waals surface area contributed by atoms with Gasteiger partial charge in [0.1, 0.15) is 17.9 Å². The molecule has 0 bridgehead atoms. The van der Waals surface area contributed by atoms with Crippen LogP contribution in [0.25, 0.3) is 0 Å². The van der Waals surface area contributed by atoms with E-state index in [1.165, 1.54) is 31.2 Å². The van der Waals surface area contributed by atoms with Crippen molar-refractivity contribution in [3.8, 4) is 0 Å². The van der Waals surface area contributed by atoms with Crippen LogP contribution >= 0.6 is 0 Å². The first-order valence-electron chi connectivity index (χ1n) is 9.33. The molecule has 4 N–H and O–H groups in total. The summed E-state index contributed by atoms with van der Waals surface area (Å²) >= 11 is 0. The standard InChI is InChI=1S/C22H26FN3O3/c1-13-4-5-17(10-14(13)2)12-19(21(24)28)26-22(29)20(25-15(3)27)11-16-6-8-18(23)9-7-16/h4-10,19-20H,11-12H2,1-3H3,(H2,24,28)(H,25,27)(H,26,29)/t19-,20+/m1/s1. The highest BCUT2D eigenvalue weighted by molar-refractivity contribution is 5.91. The van der Waals surface area contributed by atoms with E-state index in [0.717, 1.165) is 16.7 Å². The molecule has 2 atom stereocenters. The van der Waals surface area contributed by atoms with Crippen molar-refractivity contribution < 1.29 is 18.8 Å². The first-order chi connectivity index (χ1) is 13.7. The van der Waals surface area contributed by atoms with Crippen LogP contribution in [0.3, 0.4) is 0 Å². The Kier molecular flexibility index (Phi) is 7.47. The maximum atomic E-state index is 13.1. The summed E-state index contributed by atoms with van der Waals surface area (Å²) in [6.07, 6.45) is 0.395. The Hall–Kier alpha value is -3.22. The summed E-state index contributed by atoms with van der Waals surface area (Å²) in [4.78, 5) is 36.2. The van der Waals surface area contributed by atoms with Gasteiger partial charge in [-0.15, -0.1) is 0 Å². The van der Waals surface area contributed by atoms with Crippen molar-refractivity contribution in [1.82, 2.24) is 10.6 Å². The molecule has 0 aliphatic heterocycles. The van der Waals surface area contributed by atoms with Gasteiger partial charge in [0.25, 0.3) is 0 Å². The fourth-order valence-electron chi connectivity index (χ4n) is 2.97. The molecule has 2 rings (SSSR count). The van der Waals surface area contributed by atoms with Crippen LogP contribution in [0.4, 0.5) is 4.39 Å². The van der Waals surface area contributed by atoms with E-state index in [1.807, 2.05) is 32.0 Å². The molecule has 0 aliphatic carbocycles. The summed E-state index contributed by atoms with van der Waals surface area (Å²) in [6.45, 7) is 5.25. The van der Waals surface area contributed by atoms with E-state index < -0.39 is 35.6 Å². The maximum absolute atomic E-state index is 13.1. The van der Waals surface area contributed by atoms with Crippen LogP contribution in [-0.2, 0) is 27.2 Å². The second kappa shape index (κ2) is 9.82. The summed E-state index contributed by atoms with van der Waals surface area (Å²) in [5.74, 6) is -1.98. The van der Waals surface area contributed by atoms with Crippen molar-refractivity contribution >= 4 is 17.7 Å². The highest BCUT2D eigenvalue weighted by Gasteiger charge is 2.25. The smallest absolute Gasteiger partial charge is 0.243 e. The predicted octanol–water partition coefficient (Wildman–Crippen LogP) is 1.70. The van der Waals surface area contributed by atoms with E-state index in [1.54, 1.807) is 0 Å². The number of nitrogens with two attached hydrogens (primary N) is 1. The molecule has 154 valence electrons. The molecular formula is C22H26FN3O3. The topological polar surface area (TPSA) is 101 Å². The summed E-state index contributed by atoms with van der Waals surface area (Å²) < 4.78 is 13.1. The average Bonchev–Trinajstić information content (AvgIpc) is 2.64. The Morgan fingerprint density at radius 2 is 1.48 bits per heavy atom. The first-order valence-corrected chi connectivity index (χ1v) is 9.33. The minimum absolute atomic E-state index is 0.154. The van der Waals surface area contributed by atoms with Gasteiger partial charge in [0, 0.05) is 19.8 Å². The van der Waals surface area contributed by atoms with Crippen LogP contribution < -0.4 is 16.4 Å². The Bertz CT molecular complexity index is 897. The van der Waals surface area contributed by atoms with E-state index in [0.29, 0.717) is 5.56 Å². The lowest BCUT2D eigenvalue weighted by atomic mass is 9.99. The van der Waals surface area contributed by atoms with Gasteiger partial charge in [-0.05, 0) is 48.2 Å². The number of carbonyl (C=O) groups excluding carboxylic acids is 3. The molecule has 3 amide bonds. The lowest BCUT2D eigenvalue weighted by Crippen LogP contribution is -2.54. The van der Waals surface area contributed by atoms with E-state index in [-0.39, 0.29) is 12.8 Å². The Morgan fingerprint density at radius 3 is 2.03 bits per heavy atom. The largest absolute Gasteiger partial charge is 0.368 e. The number of aryl methyl sites for hydroxylation is 2. The average molecular weight is 399 g/mol. The highest BCUT2D eigenvalue weighted by atomic mass is 19.1. The fourth-order valence-corrected chi connectivity index (χ4v) is 2.97. The van der Waals surface area contributed by atoms with Crippen LogP contribution in [0, 0.1) is 19.7 Å². The van der Waals surface area contributed by atoms with Gasteiger partial charge < -0.3 is 16.4 Å². The van der Waals surface area contributed by atoms with Crippen molar-refractivity contribution in [2.45, 2.75) is 45.7 Å². The van der Waals surface area contributed by atoms with Crippen molar-refractivity contribution in [2.24, 2.45) is 5.73 Å². The van der Waals surface area contributed by atoms with Gasteiger partial charge in [0.15, 0.2) is 0 Å². The molecular weight excluding hydrogens is 373 g/mol. The van der Waals surface area contributed by atoms with Gasteiger partial charge >= 0.3 is 0 Å². The molecule has 0 spiro atoms. The van der Waals surface area contributed by atoms with Crippen LogP contribution in [0.1, 0.15) is 29.2 Å². The number of amides is 3. The molecule has 29 heavy (non-hydrogen) atoms. The number of carbonyl (C=O) groups is 3. The number of halogens is 1. The Balaban J connectivity index is 2.14. The van der Waals surface area contributed by atoms with Gasteiger partial charge in [-0.3, -0.25) is 14.4 Å². The first kappa shape index (κ1) is 22.1. The summed E-state index contributed by atoms with van der Waals surface area (Å²) in [5, 5.41) is 5.20. The molecule has 0 saturated carbocycles. The summed E-state index contributed by atoms with van der Waals surface area (Å²) in [7, 11) is 0. The zero-order valence-corrected chi connectivity index (χ0v) is 16.8. The van der Waals surface area contributed by atoms with Crippen LogP contribution in [0.2, 0.25) is 0 Å². The molecule has 2 aromatic carbocycles. The van der Waals surface area contributed by atoms with Crippen LogP contribution in [-0.4, -0.2) is 29.8 Å². The summed E-state index contributed by atoms with van der Waals surface area (Å²) in [5.41, 5.74) is 9.22. The van der Waals surface area contributed by atoms with Gasteiger partial charge in [0.05, 0.1) is 0 Å². The quantitative estimate of drug-likeness (QED) is 0.630. The normalized spacial score (nSPS) is 12.7. The molecule has 0 saturated heterocycles. The van der Waals surface area contributed by atoms with Gasteiger partial charge in [-0.1, -0.05) is 30.3 Å². The van der Waals surface area contributed by atoms with Gasteiger partial charge in [-0.2, -0.15) is 0 Å². The molecule has 0 aromatic heterocycles. The van der Waals surface area contributed by atoms with Crippen molar-refractivity contribution in [2.75, 3.05) is 0 Å². The number of hydrogen-bond acceptors (Lipinski definition) is 3. The molecule has 2 aromatic rings. The molecule has 0 fully saturated rings. The third-order valence-electron chi connectivity index (χ3n) is 4.72. The second-order valence-electron chi connectivity index (χ2n) is 7.17. The minimum Gasteiger partial charge on any atom is -0.368 e. The van der Waals surface area contributed by atoms with Crippen LogP contribution in [0.5, 0.6) is 0 Å². The second-order valence-corrected chi connectivity index (χ2v) is 7.17. The van der Waals surface area contributed by atoms with E-state index in [2.05, 4.69) is 10.6 Å². The fraction of sp³-hybridized carbons (Fsp3) is 0.318. The molecule has 0 aliphatic rings. The monoisotopic (exact) mass is 399 g/mol. The SMILES string of the molecule is CC(=O)N[C@@H](Cc1ccc(F)cc1)C(=O)N[C@H](Cc1ccc(C)c(C)c1)C(N)=O. The van der Waals surface area contributed by atoms with Crippen molar-refractivity contribution in [3.05, 3.63) is 70.5 Å². The summed E-state index contributed by atoms with van der Waals surface area (Å²) in [6, 6.07) is 9.58. The highest BCUT2D eigenvalue weighted by Crippen LogP contribution is 2.12. The van der Waals surface area contributed by atoms with E-state index >= 15 is 0 Å². The third-order valence-corrected chi connectivity index (χ3v) is 4.72. The molecule has 6 nitrogen and oxygen atoms in total. The third kappa shape index (κ3) is 6.71. The molecule has 0 radical (unpaired) electrons. The minimum atomic E-state index is -0.922. The number of hydrogen-bond donors (Lipinski definition) is 3. The Morgan fingerprint density at radius 1 is 0.897 bits per heavy atom. The number of primary amides is 1. The van der Waals surface area contributed by atoms with Gasteiger partial charge in [0.2, 0.25) is 17.7 Å². The Labute approximate surface area is 169 Å². The maximum Gasteiger partial charge on any atom is 0.243 e. The number of benzene rings is 2. The molecule has 0 unspecified atom stereocenters. The zero-order valence-electron chi connectivity index (χ0n) is 16.8. The number of nitrogens with one attached hydrogen (secondary N) is 2. The van der Waals surface area contributed by atoms with Crippen molar-refractivity contribution in [3.63, 3.8) is 0 Å². The lowest BCUT2D eigenvalue weighted by Gasteiger charge is -2.22.